The third-order valence-corrected chi connectivity index (χ3v) is 6.12. The Morgan fingerprint density at radius 3 is 2.78 bits per heavy atom. The molecule has 1 fully saturated rings. The van der Waals surface area contributed by atoms with Gasteiger partial charge in [-0.2, -0.15) is 0 Å². The summed E-state index contributed by atoms with van der Waals surface area (Å²) in [5, 5.41) is 14.6. The third kappa shape index (κ3) is 2.83. The van der Waals surface area contributed by atoms with Crippen molar-refractivity contribution >= 4 is 22.3 Å². The Balaban J connectivity index is 1.52. The van der Waals surface area contributed by atoms with E-state index < -0.39 is 5.97 Å². The van der Waals surface area contributed by atoms with Gasteiger partial charge in [0.25, 0.3) is 0 Å². The molecule has 2 aromatic rings. The zero-order chi connectivity index (χ0) is 15.8. The van der Waals surface area contributed by atoms with Gasteiger partial charge >= 0.3 is 5.97 Å². The van der Waals surface area contributed by atoms with Gasteiger partial charge in [0, 0.05) is 18.3 Å². The number of carbonyl (C=O) groups is 1. The molecule has 120 valence electrons. The molecule has 0 spiro atoms. The number of carboxylic acid groups (broad SMARTS) is 1. The predicted molar refractivity (Wildman–Crippen MR) is 89.9 cm³/mol. The Bertz CT molecular complexity index is 696. The molecule has 3 heterocycles. The summed E-state index contributed by atoms with van der Waals surface area (Å²) in [5.41, 5.74) is 2.09. The molecule has 2 aromatic heterocycles. The SMILES string of the molecule is O=C(O)c1ccc(-c2nc3c(s2)NCC(C2CCC2)CC3)cn1. The highest BCUT2D eigenvalue weighted by molar-refractivity contribution is 7.19. The monoisotopic (exact) mass is 329 g/mol. The molecule has 1 atom stereocenters. The van der Waals surface area contributed by atoms with Gasteiger partial charge < -0.3 is 10.4 Å². The number of nitrogens with one attached hydrogen (secondary N) is 1. The number of thiazole rings is 1. The second-order valence-electron chi connectivity index (χ2n) is 6.40. The van der Waals surface area contributed by atoms with Crippen LogP contribution in [0.4, 0.5) is 5.00 Å². The maximum Gasteiger partial charge on any atom is 0.354 e. The van der Waals surface area contributed by atoms with E-state index in [-0.39, 0.29) is 5.69 Å². The number of pyridine rings is 1. The second kappa shape index (κ2) is 5.92. The lowest BCUT2D eigenvalue weighted by atomic mass is 9.74. The molecule has 6 heteroatoms. The summed E-state index contributed by atoms with van der Waals surface area (Å²) in [7, 11) is 0. The van der Waals surface area contributed by atoms with Gasteiger partial charge in [0.2, 0.25) is 0 Å². The third-order valence-electron chi connectivity index (χ3n) is 5.02. The average Bonchev–Trinajstić information content (AvgIpc) is 2.82. The lowest BCUT2D eigenvalue weighted by Crippen LogP contribution is -2.27. The average molecular weight is 329 g/mol. The lowest BCUT2D eigenvalue weighted by molar-refractivity contribution is 0.0690. The lowest BCUT2D eigenvalue weighted by Gasteiger charge is -2.33. The summed E-state index contributed by atoms with van der Waals surface area (Å²) in [5.74, 6) is 0.684. The minimum Gasteiger partial charge on any atom is -0.477 e. The van der Waals surface area contributed by atoms with Crippen molar-refractivity contribution in [3.8, 4) is 10.6 Å². The van der Waals surface area contributed by atoms with Crippen LogP contribution in [-0.2, 0) is 6.42 Å². The number of aryl methyl sites for hydroxylation is 1. The Labute approximate surface area is 138 Å². The molecule has 0 saturated heterocycles. The van der Waals surface area contributed by atoms with Crippen molar-refractivity contribution in [2.75, 3.05) is 11.9 Å². The molecule has 5 nitrogen and oxygen atoms in total. The maximum absolute atomic E-state index is 10.9. The van der Waals surface area contributed by atoms with E-state index in [2.05, 4.69) is 10.3 Å². The Morgan fingerprint density at radius 2 is 2.13 bits per heavy atom. The first-order valence-corrected chi connectivity index (χ1v) is 8.95. The van der Waals surface area contributed by atoms with Gasteiger partial charge in [0.1, 0.15) is 15.7 Å². The van der Waals surface area contributed by atoms with Crippen LogP contribution in [0.1, 0.15) is 41.9 Å². The van der Waals surface area contributed by atoms with Crippen molar-refractivity contribution in [3.63, 3.8) is 0 Å². The van der Waals surface area contributed by atoms with Gasteiger partial charge in [-0.25, -0.2) is 14.8 Å². The van der Waals surface area contributed by atoms with Crippen molar-refractivity contribution in [1.29, 1.82) is 0 Å². The highest BCUT2D eigenvalue weighted by Crippen LogP contribution is 2.40. The number of anilines is 1. The zero-order valence-electron chi connectivity index (χ0n) is 12.8. The van der Waals surface area contributed by atoms with Crippen molar-refractivity contribution < 1.29 is 9.90 Å². The molecular formula is C17H19N3O2S. The Kier molecular flexibility index (Phi) is 3.77. The molecule has 23 heavy (non-hydrogen) atoms. The van der Waals surface area contributed by atoms with Crippen LogP contribution in [0.3, 0.4) is 0 Å². The number of hydrogen-bond acceptors (Lipinski definition) is 5. The predicted octanol–water partition coefficient (Wildman–Crippen LogP) is 3.68. The molecule has 1 saturated carbocycles. The van der Waals surface area contributed by atoms with E-state index in [0.717, 1.165) is 41.1 Å². The normalized spacial score (nSPS) is 21.0. The summed E-state index contributed by atoms with van der Waals surface area (Å²) >= 11 is 1.65. The highest BCUT2D eigenvalue weighted by atomic mass is 32.1. The van der Waals surface area contributed by atoms with Gasteiger partial charge in [-0.15, -0.1) is 0 Å². The summed E-state index contributed by atoms with van der Waals surface area (Å²) in [6, 6.07) is 3.32. The summed E-state index contributed by atoms with van der Waals surface area (Å²) in [6.45, 7) is 1.05. The summed E-state index contributed by atoms with van der Waals surface area (Å²) < 4.78 is 0. The van der Waals surface area contributed by atoms with E-state index in [1.54, 1.807) is 23.6 Å². The van der Waals surface area contributed by atoms with Crippen molar-refractivity contribution in [2.45, 2.75) is 32.1 Å². The molecule has 2 aliphatic rings. The van der Waals surface area contributed by atoms with Crippen LogP contribution >= 0.6 is 11.3 Å². The summed E-state index contributed by atoms with van der Waals surface area (Å²) in [6.07, 6.45) is 8.01. The molecule has 1 aliphatic heterocycles. The maximum atomic E-state index is 10.9. The number of fused-ring (bicyclic) bond motifs is 1. The molecule has 0 aromatic carbocycles. The van der Waals surface area contributed by atoms with Crippen LogP contribution in [-0.4, -0.2) is 27.6 Å². The first kappa shape index (κ1) is 14.6. The van der Waals surface area contributed by atoms with Gasteiger partial charge in [0.15, 0.2) is 0 Å². The van der Waals surface area contributed by atoms with Crippen LogP contribution in [0.15, 0.2) is 18.3 Å². The van der Waals surface area contributed by atoms with E-state index in [4.69, 9.17) is 10.1 Å². The first-order chi connectivity index (χ1) is 11.2. The minimum atomic E-state index is -1.00. The van der Waals surface area contributed by atoms with Crippen molar-refractivity contribution in [1.82, 2.24) is 9.97 Å². The zero-order valence-corrected chi connectivity index (χ0v) is 13.6. The number of aromatic nitrogens is 2. The highest BCUT2D eigenvalue weighted by Gasteiger charge is 2.29. The van der Waals surface area contributed by atoms with E-state index >= 15 is 0 Å². The van der Waals surface area contributed by atoms with E-state index in [1.807, 2.05) is 0 Å². The van der Waals surface area contributed by atoms with Crippen LogP contribution < -0.4 is 5.32 Å². The molecule has 0 radical (unpaired) electrons. The van der Waals surface area contributed by atoms with Crippen molar-refractivity contribution in [2.24, 2.45) is 11.8 Å². The molecule has 2 N–H and O–H groups in total. The van der Waals surface area contributed by atoms with Crippen molar-refractivity contribution in [3.05, 3.63) is 29.7 Å². The number of rotatable bonds is 3. The number of hydrogen-bond donors (Lipinski definition) is 2. The Hall–Kier alpha value is -1.95. The van der Waals surface area contributed by atoms with Gasteiger partial charge in [-0.05, 0) is 36.8 Å². The Morgan fingerprint density at radius 1 is 1.26 bits per heavy atom. The van der Waals surface area contributed by atoms with Crippen LogP contribution in [0.25, 0.3) is 10.6 Å². The summed E-state index contributed by atoms with van der Waals surface area (Å²) in [4.78, 5) is 19.6. The van der Waals surface area contributed by atoms with E-state index in [1.165, 1.54) is 36.8 Å². The van der Waals surface area contributed by atoms with Crippen LogP contribution in [0.5, 0.6) is 0 Å². The smallest absolute Gasteiger partial charge is 0.354 e. The number of aromatic carboxylic acids is 1. The minimum absolute atomic E-state index is 0.0633. The molecular weight excluding hydrogens is 310 g/mol. The topological polar surface area (TPSA) is 75.1 Å². The van der Waals surface area contributed by atoms with Crippen LogP contribution in [0, 0.1) is 11.8 Å². The second-order valence-corrected chi connectivity index (χ2v) is 7.40. The van der Waals surface area contributed by atoms with Gasteiger partial charge in [-0.1, -0.05) is 30.6 Å². The fourth-order valence-electron chi connectivity index (χ4n) is 3.39. The van der Waals surface area contributed by atoms with Gasteiger partial charge in [0.05, 0.1) is 5.69 Å². The standard InChI is InChI=1S/C17H19N3O2S/c21-17(22)14-7-5-12(9-18-14)15-20-13-6-4-11(10-2-1-3-10)8-19-16(13)23-15/h5,7,9-11,19H,1-4,6,8H2,(H,21,22). The van der Waals surface area contributed by atoms with Crippen LogP contribution in [0.2, 0.25) is 0 Å². The molecule has 1 aliphatic carbocycles. The van der Waals surface area contributed by atoms with E-state index in [9.17, 15) is 4.79 Å². The molecule has 0 amide bonds. The molecule has 1 unspecified atom stereocenters. The first-order valence-electron chi connectivity index (χ1n) is 8.14. The fourth-order valence-corrected chi connectivity index (χ4v) is 4.40. The number of nitrogens with zero attached hydrogens (tertiary/aromatic N) is 2. The van der Waals surface area contributed by atoms with E-state index in [0.29, 0.717) is 0 Å². The largest absolute Gasteiger partial charge is 0.477 e. The molecule has 4 rings (SSSR count). The quantitative estimate of drug-likeness (QED) is 0.898. The number of carboxylic acids is 1. The van der Waals surface area contributed by atoms with Gasteiger partial charge in [-0.3, -0.25) is 0 Å². The fraction of sp³-hybridized carbons (Fsp3) is 0.471. The molecule has 0 bridgehead atoms.